The molecule has 0 atom stereocenters. The highest BCUT2D eigenvalue weighted by molar-refractivity contribution is 7.19. The Morgan fingerprint density at radius 2 is 2.14 bits per heavy atom. The van der Waals surface area contributed by atoms with E-state index < -0.39 is 5.97 Å². The number of hydrogen-bond donors (Lipinski definition) is 2. The molecule has 0 bridgehead atoms. The number of nitrogens with one attached hydrogen (secondary N) is 1. The third-order valence-electron chi connectivity index (χ3n) is 3.26. The summed E-state index contributed by atoms with van der Waals surface area (Å²) in [7, 11) is 2.83. The van der Waals surface area contributed by atoms with Gasteiger partial charge in [0.2, 0.25) is 0 Å². The lowest BCUT2D eigenvalue weighted by atomic mass is 10.2. The second-order valence-electron chi connectivity index (χ2n) is 4.55. The summed E-state index contributed by atoms with van der Waals surface area (Å²) in [4.78, 5) is 26.2. The second-order valence-corrected chi connectivity index (χ2v) is 5.55. The van der Waals surface area contributed by atoms with Gasteiger partial charge in [0.1, 0.15) is 9.88 Å². The monoisotopic (exact) mass is 313 g/mol. The molecule has 2 heterocycles. The number of carbonyl (C=O) groups excluding carboxylic acids is 2. The predicted molar refractivity (Wildman–Crippen MR) is 81.1 cm³/mol. The number of thiophene rings is 1. The van der Waals surface area contributed by atoms with Crippen molar-refractivity contribution >= 4 is 33.9 Å². The molecular weight excluding hydrogens is 294 g/mol. The van der Waals surface area contributed by atoms with Crippen LogP contribution in [0.4, 0.5) is 10.7 Å². The number of nitrogen functional groups attached to an aromatic ring is 1. The summed E-state index contributed by atoms with van der Waals surface area (Å²) in [5, 5.41) is 3.26. The molecule has 1 aromatic rings. The molecule has 0 saturated carbocycles. The van der Waals surface area contributed by atoms with Crippen LogP contribution in [0.3, 0.4) is 0 Å². The quantitative estimate of drug-likeness (QED) is 0.798. The first-order chi connectivity index (χ1) is 10.1. The summed E-state index contributed by atoms with van der Waals surface area (Å²) in [5.41, 5.74) is 6.50. The molecule has 1 saturated heterocycles. The van der Waals surface area contributed by atoms with Crippen LogP contribution in [0.15, 0.2) is 0 Å². The molecule has 8 heteroatoms. The zero-order valence-electron chi connectivity index (χ0n) is 12.1. The number of methoxy groups -OCH3 is 1. The number of nitrogens with zero attached hydrogens (tertiary/aromatic N) is 1. The molecule has 2 rings (SSSR count). The summed E-state index contributed by atoms with van der Waals surface area (Å²) in [6.07, 6.45) is 0.860. The topological polar surface area (TPSA) is 93.9 Å². The van der Waals surface area contributed by atoms with Gasteiger partial charge in [0.05, 0.1) is 25.0 Å². The molecule has 7 nitrogen and oxygen atoms in total. The number of anilines is 2. The van der Waals surface area contributed by atoms with E-state index in [2.05, 4.69) is 5.32 Å². The van der Waals surface area contributed by atoms with Crippen LogP contribution in [-0.4, -0.2) is 52.3 Å². The van der Waals surface area contributed by atoms with Crippen molar-refractivity contribution in [3.63, 3.8) is 0 Å². The van der Waals surface area contributed by atoms with Gasteiger partial charge in [0, 0.05) is 26.7 Å². The number of rotatable bonds is 3. The Labute approximate surface area is 127 Å². The maximum Gasteiger partial charge on any atom is 0.350 e. The first-order valence-electron chi connectivity index (χ1n) is 6.65. The minimum absolute atomic E-state index is 0.173. The van der Waals surface area contributed by atoms with E-state index in [1.165, 1.54) is 25.5 Å². The van der Waals surface area contributed by atoms with Gasteiger partial charge in [-0.2, -0.15) is 0 Å². The fourth-order valence-corrected chi connectivity index (χ4v) is 3.38. The summed E-state index contributed by atoms with van der Waals surface area (Å²) in [6.45, 7) is 2.68. The number of nitrogens with two attached hydrogens (primary N) is 1. The molecule has 1 aromatic heterocycles. The molecule has 1 fully saturated rings. The fraction of sp³-hybridized carbons (Fsp3) is 0.538. The third kappa shape index (κ3) is 3.11. The van der Waals surface area contributed by atoms with E-state index in [-0.39, 0.29) is 16.5 Å². The molecule has 1 aliphatic heterocycles. The summed E-state index contributed by atoms with van der Waals surface area (Å²) >= 11 is 1.19. The highest BCUT2D eigenvalue weighted by Crippen LogP contribution is 2.39. The fourth-order valence-electron chi connectivity index (χ4n) is 2.19. The van der Waals surface area contributed by atoms with Gasteiger partial charge in [-0.25, -0.2) is 4.79 Å². The van der Waals surface area contributed by atoms with Crippen LogP contribution in [0.1, 0.15) is 26.5 Å². The van der Waals surface area contributed by atoms with Crippen molar-refractivity contribution < 1.29 is 19.1 Å². The predicted octanol–water partition coefficient (Wildman–Crippen LogP) is 0.703. The summed E-state index contributed by atoms with van der Waals surface area (Å²) in [6, 6.07) is 0. The van der Waals surface area contributed by atoms with Gasteiger partial charge >= 0.3 is 5.97 Å². The third-order valence-corrected chi connectivity index (χ3v) is 4.51. The first-order valence-corrected chi connectivity index (χ1v) is 7.47. The van der Waals surface area contributed by atoms with Gasteiger partial charge in [-0.05, 0) is 6.42 Å². The van der Waals surface area contributed by atoms with E-state index in [1.54, 1.807) is 0 Å². The first kappa shape index (κ1) is 15.6. The van der Waals surface area contributed by atoms with Crippen molar-refractivity contribution in [2.24, 2.45) is 0 Å². The standard InChI is InChI=1S/C13H19N3O4S/c1-15-11(17)8-9(14)10(13(18)19-2)21-12(8)16-4-3-6-20-7-5-16/h3-7,14H2,1-2H3,(H,15,17). The van der Waals surface area contributed by atoms with Crippen molar-refractivity contribution in [2.45, 2.75) is 6.42 Å². The van der Waals surface area contributed by atoms with Gasteiger partial charge in [-0.1, -0.05) is 0 Å². The highest BCUT2D eigenvalue weighted by atomic mass is 32.1. The maximum absolute atomic E-state index is 12.1. The van der Waals surface area contributed by atoms with Gasteiger partial charge in [0.15, 0.2) is 0 Å². The van der Waals surface area contributed by atoms with Crippen LogP contribution in [0.25, 0.3) is 0 Å². The van der Waals surface area contributed by atoms with E-state index >= 15 is 0 Å². The SMILES string of the molecule is CNC(=O)c1c(N2CCCOCC2)sc(C(=O)OC)c1N. The lowest BCUT2D eigenvalue weighted by molar-refractivity contribution is 0.0607. The van der Waals surface area contributed by atoms with E-state index in [1.807, 2.05) is 4.90 Å². The van der Waals surface area contributed by atoms with Gasteiger partial charge in [0.25, 0.3) is 5.91 Å². The average molecular weight is 313 g/mol. The lowest BCUT2D eigenvalue weighted by Crippen LogP contribution is -2.28. The Morgan fingerprint density at radius 3 is 2.81 bits per heavy atom. The van der Waals surface area contributed by atoms with E-state index in [4.69, 9.17) is 15.2 Å². The van der Waals surface area contributed by atoms with Crippen molar-refractivity contribution in [2.75, 3.05) is 51.1 Å². The highest BCUT2D eigenvalue weighted by Gasteiger charge is 2.28. The molecule has 0 unspecified atom stereocenters. The Balaban J connectivity index is 2.46. The summed E-state index contributed by atoms with van der Waals surface area (Å²) < 4.78 is 10.1. The Bertz CT molecular complexity index is 536. The average Bonchev–Trinajstić information content (AvgIpc) is 2.69. The Kier molecular flexibility index (Phi) is 5.03. The van der Waals surface area contributed by atoms with Crippen molar-refractivity contribution in [1.82, 2.24) is 5.32 Å². The largest absolute Gasteiger partial charge is 0.465 e. The number of carbonyl (C=O) groups is 2. The number of ether oxygens (including phenoxy) is 2. The molecule has 0 aromatic carbocycles. The maximum atomic E-state index is 12.1. The van der Waals surface area contributed by atoms with Crippen LogP contribution >= 0.6 is 11.3 Å². The second kappa shape index (κ2) is 6.77. The number of hydrogen-bond acceptors (Lipinski definition) is 7. The zero-order valence-corrected chi connectivity index (χ0v) is 12.9. The van der Waals surface area contributed by atoms with Crippen LogP contribution in [0, 0.1) is 0 Å². The number of amides is 1. The van der Waals surface area contributed by atoms with Gasteiger partial charge in [-0.3, -0.25) is 4.79 Å². The van der Waals surface area contributed by atoms with E-state index in [0.29, 0.717) is 30.3 Å². The van der Waals surface area contributed by atoms with Crippen LogP contribution in [-0.2, 0) is 9.47 Å². The van der Waals surface area contributed by atoms with Crippen LogP contribution < -0.4 is 16.0 Å². The molecular formula is C13H19N3O4S. The minimum Gasteiger partial charge on any atom is -0.465 e. The molecule has 116 valence electrons. The van der Waals surface area contributed by atoms with Crippen molar-refractivity contribution in [3.8, 4) is 0 Å². The Hall–Kier alpha value is -1.80. The lowest BCUT2D eigenvalue weighted by Gasteiger charge is -2.21. The summed E-state index contributed by atoms with van der Waals surface area (Å²) in [5.74, 6) is -0.834. The normalized spacial score (nSPS) is 15.4. The van der Waals surface area contributed by atoms with Crippen LogP contribution in [0.2, 0.25) is 0 Å². The molecule has 0 radical (unpaired) electrons. The van der Waals surface area contributed by atoms with Crippen LogP contribution in [0.5, 0.6) is 0 Å². The zero-order chi connectivity index (χ0) is 15.4. The van der Waals surface area contributed by atoms with Gasteiger partial charge < -0.3 is 25.4 Å². The molecule has 0 aliphatic carbocycles. The van der Waals surface area contributed by atoms with Crippen molar-refractivity contribution in [1.29, 1.82) is 0 Å². The molecule has 1 aliphatic rings. The van der Waals surface area contributed by atoms with E-state index in [9.17, 15) is 9.59 Å². The minimum atomic E-state index is -0.528. The Morgan fingerprint density at radius 1 is 1.38 bits per heavy atom. The van der Waals surface area contributed by atoms with E-state index in [0.717, 1.165) is 13.0 Å². The van der Waals surface area contributed by atoms with Gasteiger partial charge in [-0.15, -0.1) is 11.3 Å². The molecule has 1 amide bonds. The number of esters is 1. The van der Waals surface area contributed by atoms with Crippen molar-refractivity contribution in [3.05, 3.63) is 10.4 Å². The molecule has 3 N–H and O–H groups in total. The smallest absolute Gasteiger partial charge is 0.350 e. The molecule has 21 heavy (non-hydrogen) atoms. The molecule has 0 spiro atoms.